The monoisotopic (exact) mass is 578 g/mol. The Bertz CT molecular complexity index is 1380. The van der Waals surface area contributed by atoms with Crippen LogP contribution >= 0.6 is 0 Å². The SMILES string of the molecule is CCCCCCCn1nc(NCCCCCCc2cccc(OC(C)(C)C(=O)O)c2)c(=O)n(Cc2ccccc2)c1=O. The van der Waals surface area contributed by atoms with Gasteiger partial charge in [-0.1, -0.05) is 87.9 Å². The normalized spacial score (nSPS) is 11.4. The maximum Gasteiger partial charge on any atom is 0.347 e. The van der Waals surface area contributed by atoms with E-state index in [4.69, 9.17) is 4.74 Å². The quantitative estimate of drug-likeness (QED) is 0.171. The number of nitrogens with one attached hydrogen (secondary N) is 1. The third-order valence-corrected chi connectivity index (χ3v) is 7.25. The predicted octanol–water partition coefficient (Wildman–Crippen LogP) is 5.88. The van der Waals surface area contributed by atoms with Crippen molar-refractivity contribution in [2.75, 3.05) is 11.9 Å². The summed E-state index contributed by atoms with van der Waals surface area (Å²) in [5.41, 5.74) is -0.0456. The van der Waals surface area contributed by atoms with E-state index in [0.717, 1.165) is 68.9 Å². The van der Waals surface area contributed by atoms with E-state index >= 15 is 0 Å². The summed E-state index contributed by atoms with van der Waals surface area (Å²) in [6, 6.07) is 17.1. The molecule has 0 saturated heterocycles. The first-order valence-electron chi connectivity index (χ1n) is 15.2. The Balaban J connectivity index is 1.53. The second-order valence-corrected chi connectivity index (χ2v) is 11.3. The molecule has 0 aliphatic rings. The summed E-state index contributed by atoms with van der Waals surface area (Å²) < 4.78 is 8.37. The highest BCUT2D eigenvalue weighted by molar-refractivity contribution is 5.76. The smallest absolute Gasteiger partial charge is 0.347 e. The first kappa shape index (κ1) is 32.6. The Kier molecular flexibility index (Phi) is 12.8. The predicted molar refractivity (Wildman–Crippen MR) is 167 cm³/mol. The number of aliphatic carboxylic acids is 1. The first-order chi connectivity index (χ1) is 20.2. The van der Waals surface area contributed by atoms with Crippen molar-refractivity contribution >= 4 is 11.8 Å². The molecule has 0 fully saturated rings. The highest BCUT2D eigenvalue weighted by Gasteiger charge is 2.29. The molecule has 0 aliphatic carbocycles. The number of ether oxygens (including phenoxy) is 1. The highest BCUT2D eigenvalue weighted by atomic mass is 16.5. The van der Waals surface area contributed by atoms with E-state index in [9.17, 15) is 19.5 Å². The highest BCUT2D eigenvalue weighted by Crippen LogP contribution is 2.21. The molecule has 0 bridgehead atoms. The number of anilines is 1. The second kappa shape index (κ2) is 16.5. The molecule has 0 spiro atoms. The van der Waals surface area contributed by atoms with Crippen LogP contribution in [0.3, 0.4) is 0 Å². The van der Waals surface area contributed by atoms with Gasteiger partial charge in [-0.05, 0) is 62.8 Å². The van der Waals surface area contributed by atoms with Gasteiger partial charge in [0.25, 0.3) is 5.56 Å². The minimum Gasteiger partial charge on any atom is -0.478 e. The van der Waals surface area contributed by atoms with Crippen LogP contribution in [-0.2, 0) is 24.3 Å². The Labute approximate surface area is 248 Å². The molecule has 3 aromatic rings. The van der Waals surface area contributed by atoms with Crippen molar-refractivity contribution < 1.29 is 14.6 Å². The van der Waals surface area contributed by atoms with Gasteiger partial charge in [-0.25, -0.2) is 14.3 Å². The number of rotatable bonds is 19. The minimum atomic E-state index is -1.28. The van der Waals surface area contributed by atoms with E-state index in [2.05, 4.69) is 17.3 Å². The molecule has 1 heterocycles. The van der Waals surface area contributed by atoms with Crippen molar-refractivity contribution in [2.45, 2.75) is 104 Å². The molecule has 228 valence electrons. The van der Waals surface area contributed by atoms with E-state index in [1.165, 1.54) is 29.5 Å². The number of carboxylic acids is 1. The molecule has 0 saturated carbocycles. The van der Waals surface area contributed by atoms with Gasteiger partial charge >= 0.3 is 11.7 Å². The van der Waals surface area contributed by atoms with Gasteiger partial charge in [-0.2, -0.15) is 0 Å². The third kappa shape index (κ3) is 10.2. The van der Waals surface area contributed by atoms with Gasteiger partial charge in [0.1, 0.15) is 5.75 Å². The average molecular weight is 579 g/mol. The van der Waals surface area contributed by atoms with Crippen molar-refractivity contribution in [3.8, 4) is 5.75 Å². The van der Waals surface area contributed by atoms with Crippen LogP contribution in [-0.4, -0.2) is 37.6 Å². The van der Waals surface area contributed by atoms with Gasteiger partial charge in [-0.3, -0.25) is 9.36 Å². The summed E-state index contributed by atoms with van der Waals surface area (Å²) in [5.74, 6) is -0.231. The van der Waals surface area contributed by atoms with E-state index in [1.807, 2.05) is 48.5 Å². The number of aryl methyl sites for hydroxylation is 2. The largest absolute Gasteiger partial charge is 0.478 e. The van der Waals surface area contributed by atoms with Crippen LogP contribution in [0.25, 0.3) is 0 Å². The molecular formula is C33H46N4O5. The fourth-order valence-electron chi connectivity index (χ4n) is 4.70. The summed E-state index contributed by atoms with van der Waals surface area (Å²) in [6.45, 7) is 6.54. The number of aromatic nitrogens is 3. The Morgan fingerprint density at radius 3 is 2.33 bits per heavy atom. The van der Waals surface area contributed by atoms with Crippen LogP contribution in [0.15, 0.2) is 64.2 Å². The van der Waals surface area contributed by atoms with E-state index in [-0.39, 0.29) is 23.6 Å². The Morgan fingerprint density at radius 2 is 1.60 bits per heavy atom. The van der Waals surface area contributed by atoms with Crippen LogP contribution < -0.4 is 21.3 Å². The summed E-state index contributed by atoms with van der Waals surface area (Å²) >= 11 is 0. The standard InChI is InChI=1S/C33H46N4O5/c1-4-5-6-9-15-23-37-32(41)36(25-27-18-12-10-13-19-27)30(38)29(35-37)34-22-14-8-7-11-17-26-20-16-21-28(24-26)42-33(2,3)31(39)40/h10,12-13,16,18-21,24H,4-9,11,14-15,17,22-23,25H2,1-3H3,(H,34,35)(H,39,40). The van der Waals surface area contributed by atoms with E-state index in [0.29, 0.717) is 18.8 Å². The van der Waals surface area contributed by atoms with Crippen molar-refractivity contribution in [3.63, 3.8) is 0 Å². The molecule has 0 unspecified atom stereocenters. The van der Waals surface area contributed by atoms with Crippen molar-refractivity contribution in [1.29, 1.82) is 0 Å². The maximum absolute atomic E-state index is 13.2. The molecule has 2 N–H and O–H groups in total. The lowest BCUT2D eigenvalue weighted by Gasteiger charge is -2.21. The minimum absolute atomic E-state index is 0.214. The zero-order chi connectivity index (χ0) is 30.4. The molecule has 0 radical (unpaired) electrons. The summed E-state index contributed by atoms with van der Waals surface area (Å²) in [4.78, 5) is 37.7. The zero-order valence-corrected chi connectivity index (χ0v) is 25.3. The topological polar surface area (TPSA) is 115 Å². The van der Waals surface area contributed by atoms with Crippen molar-refractivity contribution in [3.05, 3.63) is 86.6 Å². The molecule has 2 aromatic carbocycles. The Morgan fingerprint density at radius 1 is 0.905 bits per heavy atom. The third-order valence-electron chi connectivity index (χ3n) is 7.25. The lowest BCUT2D eigenvalue weighted by Crippen LogP contribution is -2.43. The van der Waals surface area contributed by atoms with Crippen molar-refractivity contribution in [2.24, 2.45) is 0 Å². The number of unbranched alkanes of at least 4 members (excludes halogenated alkanes) is 7. The Hall–Kier alpha value is -3.88. The lowest BCUT2D eigenvalue weighted by atomic mass is 10.1. The molecule has 0 atom stereocenters. The molecular weight excluding hydrogens is 532 g/mol. The van der Waals surface area contributed by atoms with Gasteiger partial charge < -0.3 is 15.2 Å². The molecule has 3 rings (SSSR count). The van der Waals surface area contributed by atoms with Crippen LogP contribution in [0.2, 0.25) is 0 Å². The molecule has 0 amide bonds. The van der Waals surface area contributed by atoms with Crippen LogP contribution in [0.5, 0.6) is 5.75 Å². The van der Waals surface area contributed by atoms with Crippen molar-refractivity contribution in [1.82, 2.24) is 14.3 Å². The summed E-state index contributed by atoms with van der Waals surface area (Å²) in [7, 11) is 0. The van der Waals surface area contributed by atoms with Gasteiger partial charge in [0.05, 0.1) is 6.54 Å². The molecule has 9 heteroatoms. The maximum atomic E-state index is 13.2. The number of hydrogen-bond donors (Lipinski definition) is 2. The van der Waals surface area contributed by atoms with Crippen LogP contribution in [0.4, 0.5) is 5.82 Å². The number of carbonyl (C=O) groups is 1. The van der Waals surface area contributed by atoms with Gasteiger partial charge in [0.2, 0.25) is 5.82 Å². The second-order valence-electron chi connectivity index (χ2n) is 11.3. The number of hydrogen-bond acceptors (Lipinski definition) is 6. The van der Waals surface area contributed by atoms with E-state index in [1.54, 1.807) is 6.07 Å². The van der Waals surface area contributed by atoms with Gasteiger partial charge in [0, 0.05) is 13.1 Å². The molecule has 0 aliphatic heterocycles. The zero-order valence-electron chi connectivity index (χ0n) is 25.3. The molecule has 9 nitrogen and oxygen atoms in total. The van der Waals surface area contributed by atoms with Gasteiger partial charge in [-0.15, -0.1) is 5.10 Å². The molecule has 1 aromatic heterocycles. The average Bonchev–Trinajstić information content (AvgIpc) is 2.97. The fourth-order valence-corrected chi connectivity index (χ4v) is 4.70. The molecule has 42 heavy (non-hydrogen) atoms. The van der Waals surface area contributed by atoms with Crippen LogP contribution in [0.1, 0.15) is 89.7 Å². The number of nitrogens with zero attached hydrogens (tertiary/aromatic N) is 3. The fraction of sp³-hybridized carbons (Fsp3) is 0.515. The van der Waals surface area contributed by atoms with E-state index < -0.39 is 11.6 Å². The first-order valence-corrected chi connectivity index (χ1v) is 15.2. The summed E-state index contributed by atoms with van der Waals surface area (Å²) in [6.07, 6.45) is 10.0. The van der Waals surface area contributed by atoms with Gasteiger partial charge in [0.15, 0.2) is 5.60 Å². The lowest BCUT2D eigenvalue weighted by molar-refractivity contribution is -0.152. The summed E-state index contributed by atoms with van der Waals surface area (Å²) in [5, 5.41) is 16.9. The number of benzene rings is 2. The van der Waals surface area contributed by atoms with Crippen LogP contribution in [0, 0.1) is 0 Å². The number of carboxylic acid groups (broad SMARTS) is 1.